The van der Waals surface area contributed by atoms with Crippen LogP contribution < -0.4 is 5.43 Å². The molecule has 1 amide bonds. The first-order valence-corrected chi connectivity index (χ1v) is 7.81. The zero-order chi connectivity index (χ0) is 17.5. The van der Waals surface area contributed by atoms with Gasteiger partial charge in [0.15, 0.2) is 5.84 Å². The van der Waals surface area contributed by atoms with E-state index in [4.69, 9.17) is 4.42 Å². The predicted octanol–water partition coefficient (Wildman–Crippen LogP) is 3.80. The standard InChI is InChI=1S/C20H17N3O2/c1-15-12-13-18(25-15)14-21-19(16-8-4-2-5-9-16)22-23-20(24)17-10-6-3-7-11-17/h2-14H,1H3,(H,23,24). The van der Waals surface area contributed by atoms with Gasteiger partial charge in [0.1, 0.15) is 11.5 Å². The van der Waals surface area contributed by atoms with Crippen LogP contribution in [0.1, 0.15) is 27.4 Å². The molecule has 0 atom stereocenters. The summed E-state index contributed by atoms with van der Waals surface area (Å²) < 4.78 is 5.47. The van der Waals surface area contributed by atoms with Gasteiger partial charge in [-0.05, 0) is 31.2 Å². The minimum Gasteiger partial charge on any atom is -0.460 e. The number of rotatable bonds is 4. The van der Waals surface area contributed by atoms with Crippen LogP contribution in [0.4, 0.5) is 0 Å². The molecule has 1 aromatic heterocycles. The molecule has 0 radical (unpaired) electrons. The molecule has 0 spiro atoms. The smallest absolute Gasteiger partial charge is 0.271 e. The van der Waals surface area contributed by atoms with Crippen molar-refractivity contribution in [3.05, 3.63) is 95.4 Å². The Morgan fingerprint density at radius 2 is 1.56 bits per heavy atom. The van der Waals surface area contributed by atoms with E-state index >= 15 is 0 Å². The molecule has 0 fully saturated rings. The highest BCUT2D eigenvalue weighted by molar-refractivity contribution is 6.05. The molecule has 5 heteroatoms. The number of hydrogen-bond acceptors (Lipinski definition) is 3. The van der Waals surface area contributed by atoms with Crippen molar-refractivity contribution in [1.82, 2.24) is 5.43 Å². The summed E-state index contributed by atoms with van der Waals surface area (Å²) in [5.41, 5.74) is 3.86. The molecule has 3 aromatic rings. The maximum atomic E-state index is 12.2. The maximum absolute atomic E-state index is 12.2. The van der Waals surface area contributed by atoms with Gasteiger partial charge in [-0.3, -0.25) is 4.79 Å². The Morgan fingerprint density at radius 3 is 2.16 bits per heavy atom. The van der Waals surface area contributed by atoms with E-state index in [-0.39, 0.29) is 5.91 Å². The van der Waals surface area contributed by atoms with Gasteiger partial charge < -0.3 is 4.42 Å². The summed E-state index contributed by atoms with van der Waals surface area (Å²) in [4.78, 5) is 16.5. The largest absolute Gasteiger partial charge is 0.460 e. The molecular formula is C20H17N3O2. The van der Waals surface area contributed by atoms with Crippen LogP contribution in [-0.4, -0.2) is 18.0 Å². The van der Waals surface area contributed by atoms with Gasteiger partial charge in [0.25, 0.3) is 5.91 Å². The average molecular weight is 331 g/mol. The second kappa shape index (κ2) is 7.88. The lowest BCUT2D eigenvalue weighted by Crippen LogP contribution is -2.19. The number of benzene rings is 2. The summed E-state index contributed by atoms with van der Waals surface area (Å²) in [6.07, 6.45) is 1.58. The van der Waals surface area contributed by atoms with E-state index in [9.17, 15) is 4.79 Å². The van der Waals surface area contributed by atoms with Crippen molar-refractivity contribution < 1.29 is 9.21 Å². The second-order valence-corrected chi connectivity index (χ2v) is 5.32. The Hall–Kier alpha value is -3.47. The van der Waals surface area contributed by atoms with E-state index in [1.165, 1.54) is 0 Å². The number of nitrogens with zero attached hydrogens (tertiary/aromatic N) is 2. The van der Waals surface area contributed by atoms with Gasteiger partial charge in [-0.15, -0.1) is 0 Å². The lowest BCUT2D eigenvalue weighted by molar-refractivity contribution is 0.0955. The second-order valence-electron chi connectivity index (χ2n) is 5.32. The van der Waals surface area contributed by atoms with Crippen molar-refractivity contribution in [3.63, 3.8) is 0 Å². The lowest BCUT2D eigenvalue weighted by Gasteiger charge is -2.03. The molecule has 25 heavy (non-hydrogen) atoms. The Balaban J connectivity index is 1.83. The van der Waals surface area contributed by atoms with E-state index in [1.807, 2.05) is 55.5 Å². The van der Waals surface area contributed by atoms with Crippen molar-refractivity contribution in [3.8, 4) is 0 Å². The highest BCUT2D eigenvalue weighted by Gasteiger charge is 2.06. The summed E-state index contributed by atoms with van der Waals surface area (Å²) >= 11 is 0. The van der Waals surface area contributed by atoms with Gasteiger partial charge >= 0.3 is 0 Å². The lowest BCUT2D eigenvalue weighted by atomic mass is 10.2. The van der Waals surface area contributed by atoms with Crippen molar-refractivity contribution >= 4 is 18.0 Å². The fourth-order valence-corrected chi connectivity index (χ4v) is 2.16. The highest BCUT2D eigenvalue weighted by atomic mass is 16.3. The summed E-state index contributed by atoms with van der Waals surface area (Å²) in [7, 11) is 0. The van der Waals surface area contributed by atoms with Crippen molar-refractivity contribution in [2.75, 3.05) is 0 Å². The Kier molecular flexibility index (Phi) is 5.16. The molecule has 5 nitrogen and oxygen atoms in total. The first-order chi connectivity index (χ1) is 12.2. The van der Waals surface area contributed by atoms with Crippen molar-refractivity contribution in [1.29, 1.82) is 0 Å². The van der Waals surface area contributed by atoms with Crippen LogP contribution in [0.15, 0.2) is 87.3 Å². The molecule has 1 N–H and O–H groups in total. The molecule has 0 aliphatic heterocycles. The summed E-state index contributed by atoms with van der Waals surface area (Å²) in [5.74, 6) is 1.52. The van der Waals surface area contributed by atoms with Crippen LogP contribution >= 0.6 is 0 Å². The van der Waals surface area contributed by atoms with Gasteiger partial charge in [0.05, 0.1) is 6.21 Å². The van der Waals surface area contributed by atoms with Gasteiger partial charge in [-0.2, -0.15) is 5.10 Å². The first kappa shape index (κ1) is 16.4. The molecule has 0 saturated heterocycles. The SMILES string of the molecule is Cc1ccc(C=NC(=NNC(=O)c2ccccc2)c2ccccc2)o1. The molecule has 3 rings (SSSR count). The normalized spacial score (nSPS) is 11.6. The Labute approximate surface area is 145 Å². The third-order valence-electron chi connectivity index (χ3n) is 3.41. The molecule has 124 valence electrons. The number of nitrogens with one attached hydrogen (secondary N) is 1. The minimum absolute atomic E-state index is 0.293. The number of amides is 1. The fourth-order valence-electron chi connectivity index (χ4n) is 2.16. The van der Waals surface area contributed by atoms with E-state index in [0.717, 1.165) is 11.3 Å². The van der Waals surface area contributed by atoms with Gasteiger partial charge in [-0.25, -0.2) is 10.4 Å². The highest BCUT2D eigenvalue weighted by Crippen LogP contribution is 2.06. The molecule has 0 unspecified atom stereocenters. The van der Waals surface area contributed by atoms with Crippen LogP contribution in [0, 0.1) is 6.92 Å². The van der Waals surface area contributed by atoms with Crippen LogP contribution in [0.2, 0.25) is 0 Å². The molecule has 0 saturated carbocycles. The molecule has 0 aliphatic rings. The first-order valence-electron chi connectivity index (χ1n) is 7.81. The number of amidine groups is 1. The molecule has 0 bridgehead atoms. The van der Waals surface area contributed by atoms with Crippen LogP contribution in [0.5, 0.6) is 0 Å². The number of aryl methyl sites for hydroxylation is 1. The van der Waals surface area contributed by atoms with Crippen LogP contribution in [-0.2, 0) is 0 Å². The Bertz CT molecular complexity index is 897. The monoisotopic (exact) mass is 331 g/mol. The number of carbonyl (C=O) groups is 1. The van der Waals surface area contributed by atoms with Crippen LogP contribution in [0.3, 0.4) is 0 Å². The van der Waals surface area contributed by atoms with Crippen molar-refractivity contribution in [2.45, 2.75) is 6.92 Å². The number of aliphatic imine (C=N–C) groups is 1. The van der Waals surface area contributed by atoms with Gasteiger partial charge in [0.2, 0.25) is 0 Å². The Morgan fingerprint density at radius 1 is 0.920 bits per heavy atom. The van der Waals surface area contributed by atoms with E-state index in [0.29, 0.717) is 17.2 Å². The summed E-state index contributed by atoms with van der Waals surface area (Å²) in [5, 5.41) is 4.17. The summed E-state index contributed by atoms with van der Waals surface area (Å²) in [6.45, 7) is 1.86. The van der Waals surface area contributed by atoms with Gasteiger partial charge in [-0.1, -0.05) is 48.5 Å². The molecule has 0 aliphatic carbocycles. The number of hydrogen-bond donors (Lipinski definition) is 1. The topological polar surface area (TPSA) is 67.0 Å². The van der Waals surface area contributed by atoms with Crippen molar-refractivity contribution in [2.24, 2.45) is 10.1 Å². The van der Waals surface area contributed by atoms with Crippen LogP contribution in [0.25, 0.3) is 0 Å². The zero-order valence-electron chi connectivity index (χ0n) is 13.7. The molecule has 1 heterocycles. The number of carbonyl (C=O) groups excluding carboxylic acids is 1. The van der Waals surface area contributed by atoms with Gasteiger partial charge in [0, 0.05) is 11.1 Å². The number of furan rings is 1. The zero-order valence-corrected chi connectivity index (χ0v) is 13.7. The third kappa shape index (κ3) is 4.51. The number of hydrazone groups is 1. The maximum Gasteiger partial charge on any atom is 0.271 e. The van der Waals surface area contributed by atoms with E-state index in [2.05, 4.69) is 15.5 Å². The average Bonchev–Trinajstić information content (AvgIpc) is 3.08. The predicted molar refractivity (Wildman–Crippen MR) is 97.9 cm³/mol. The fraction of sp³-hybridized carbons (Fsp3) is 0.0500. The summed E-state index contributed by atoms with van der Waals surface area (Å²) in [6, 6.07) is 22.0. The molecular weight excluding hydrogens is 314 g/mol. The van der Waals surface area contributed by atoms with E-state index < -0.39 is 0 Å². The minimum atomic E-state index is -0.293. The van der Waals surface area contributed by atoms with E-state index in [1.54, 1.807) is 30.5 Å². The quantitative estimate of drug-likeness (QED) is 0.449. The third-order valence-corrected chi connectivity index (χ3v) is 3.41. The molecule has 2 aromatic carbocycles.